The Morgan fingerprint density at radius 2 is 1.79 bits per heavy atom. The van der Waals surface area contributed by atoms with Crippen molar-refractivity contribution >= 4 is 11.7 Å². The number of nitrogens with zero attached hydrogens (tertiary/aromatic N) is 1. The van der Waals surface area contributed by atoms with Gasteiger partial charge in [0.1, 0.15) is 5.75 Å². The summed E-state index contributed by atoms with van der Waals surface area (Å²) in [5, 5.41) is 21.7. The molecule has 2 rings (SSSR count). The number of carboxylic acids is 1. The van der Waals surface area contributed by atoms with Crippen LogP contribution in [0, 0.1) is 11.8 Å². The zero-order chi connectivity index (χ0) is 20.9. The lowest BCUT2D eigenvalue weighted by molar-refractivity contribution is -0.137. The number of para-hydroxylation sites is 1. The molecule has 0 radical (unpaired) electrons. The number of methoxy groups -OCH3 is 1. The summed E-state index contributed by atoms with van der Waals surface area (Å²) in [6.07, 6.45) is 13.1. The third-order valence-corrected chi connectivity index (χ3v) is 6.27. The molecule has 1 aliphatic rings. The van der Waals surface area contributed by atoms with E-state index in [1.54, 1.807) is 7.11 Å². The highest BCUT2D eigenvalue weighted by atomic mass is 16.5. The van der Waals surface area contributed by atoms with E-state index in [4.69, 9.17) is 9.84 Å². The van der Waals surface area contributed by atoms with Crippen molar-refractivity contribution in [2.45, 2.75) is 83.5 Å². The van der Waals surface area contributed by atoms with Gasteiger partial charge in [0.2, 0.25) is 0 Å². The second-order valence-corrected chi connectivity index (χ2v) is 8.25. The van der Waals surface area contributed by atoms with Gasteiger partial charge in [-0.15, -0.1) is 0 Å². The number of ether oxygens (including phenoxy) is 1. The highest BCUT2D eigenvalue weighted by molar-refractivity contribution is 5.88. The number of carboxylic acid groups (broad SMARTS) is 1. The molecular weight excluding hydrogens is 366 g/mol. The molecule has 0 saturated heterocycles. The van der Waals surface area contributed by atoms with Crippen LogP contribution in [-0.4, -0.2) is 29.1 Å². The van der Waals surface area contributed by atoms with Crippen molar-refractivity contribution in [1.29, 1.82) is 0 Å². The van der Waals surface area contributed by atoms with Crippen LogP contribution in [0.4, 0.5) is 0 Å². The van der Waals surface area contributed by atoms with E-state index >= 15 is 0 Å². The summed E-state index contributed by atoms with van der Waals surface area (Å²) in [5.41, 5.74) is 2.26. The zero-order valence-electron chi connectivity index (χ0n) is 17.8. The minimum Gasteiger partial charge on any atom is -0.496 e. The average molecular weight is 404 g/mol. The van der Waals surface area contributed by atoms with Crippen molar-refractivity contribution in [3.05, 3.63) is 29.8 Å². The maximum atomic E-state index is 10.6. The van der Waals surface area contributed by atoms with E-state index in [-0.39, 0.29) is 6.42 Å². The number of aryl methyl sites for hydroxylation is 1. The first kappa shape index (κ1) is 23.2. The van der Waals surface area contributed by atoms with Crippen molar-refractivity contribution in [2.75, 3.05) is 7.11 Å². The molecule has 1 fully saturated rings. The fraction of sp³-hybridized carbons (Fsp3) is 0.667. The third kappa shape index (κ3) is 8.08. The minimum absolute atomic E-state index is 0.280. The molecule has 5 heteroatoms. The number of unbranched alkanes of at least 4 members (excludes halogenated alkanes) is 5. The second-order valence-electron chi connectivity index (χ2n) is 8.25. The van der Waals surface area contributed by atoms with Crippen molar-refractivity contribution in [3.63, 3.8) is 0 Å². The van der Waals surface area contributed by atoms with Crippen LogP contribution >= 0.6 is 0 Å². The highest BCUT2D eigenvalue weighted by Crippen LogP contribution is 2.37. The van der Waals surface area contributed by atoms with E-state index in [0.29, 0.717) is 11.8 Å². The normalized spacial score (nSPS) is 20.2. The van der Waals surface area contributed by atoms with Gasteiger partial charge < -0.3 is 15.1 Å². The van der Waals surface area contributed by atoms with Crippen LogP contribution in [0.2, 0.25) is 0 Å². The van der Waals surface area contributed by atoms with Crippen molar-refractivity contribution in [3.8, 4) is 5.75 Å². The summed E-state index contributed by atoms with van der Waals surface area (Å²) in [5.74, 6) is 1.32. The molecule has 29 heavy (non-hydrogen) atoms. The van der Waals surface area contributed by atoms with Crippen LogP contribution in [0.5, 0.6) is 5.75 Å². The molecule has 0 spiro atoms. The average Bonchev–Trinajstić information content (AvgIpc) is 3.12. The van der Waals surface area contributed by atoms with Gasteiger partial charge in [-0.25, -0.2) is 0 Å². The van der Waals surface area contributed by atoms with Gasteiger partial charge in [0.05, 0.1) is 12.8 Å². The van der Waals surface area contributed by atoms with Crippen LogP contribution in [-0.2, 0) is 11.2 Å². The highest BCUT2D eigenvalue weighted by Gasteiger charge is 2.32. The molecule has 1 aromatic rings. The first-order valence-electron chi connectivity index (χ1n) is 11.2. The molecule has 1 aliphatic carbocycles. The van der Waals surface area contributed by atoms with Gasteiger partial charge in [-0.05, 0) is 62.5 Å². The molecule has 0 heterocycles. The Kier molecular flexibility index (Phi) is 10.6. The lowest BCUT2D eigenvalue weighted by atomic mass is 9.86. The van der Waals surface area contributed by atoms with Crippen molar-refractivity contribution < 1.29 is 19.8 Å². The number of aliphatic carboxylic acids is 1. The predicted molar refractivity (Wildman–Crippen MR) is 116 cm³/mol. The van der Waals surface area contributed by atoms with E-state index in [0.717, 1.165) is 82.1 Å². The molecule has 0 aliphatic heterocycles. The lowest BCUT2D eigenvalue weighted by Gasteiger charge is -2.19. The molecule has 1 aromatic carbocycles. The van der Waals surface area contributed by atoms with Gasteiger partial charge in [-0.1, -0.05) is 55.5 Å². The van der Waals surface area contributed by atoms with E-state index < -0.39 is 5.97 Å². The molecule has 1 saturated carbocycles. The number of benzene rings is 1. The van der Waals surface area contributed by atoms with Crippen LogP contribution < -0.4 is 4.74 Å². The Labute approximate surface area is 175 Å². The summed E-state index contributed by atoms with van der Waals surface area (Å²) in [7, 11) is 1.72. The van der Waals surface area contributed by atoms with Crippen LogP contribution in [0.15, 0.2) is 29.4 Å². The largest absolute Gasteiger partial charge is 0.496 e. The van der Waals surface area contributed by atoms with Gasteiger partial charge in [0.15, 0.2) is 0 Å². The first-order chi connectivity index (χ1) is 14.2. The topological polar surface area (TPSA) is 79.1 Å². The molecule has 1 unspecified atom stereocenters. The Balaban J connectivity index is 1.67. The van der Waals surface area contributed by atoms with Gasteiger partial charge in [0.25, 0.3) is 0 Å². The first-order valence-corrected chi connectivity index (χ1v) is 11.2. The van der Waals surface area contributed by atoms with Crippen molar-refractivity contribution in [1.82, 2.24) is 0 Å². The maximum absolute atomic E-state index is 10.6. The lowest BCUT2D eigenvalue weighted by Crippen LogP contribution is -2.15. The Morgan fingerprint density at radius 1 is 1.07 bits per heavy atom. The predicted octanol–water partition coefficient (Wildman–Crippen LogP) is 6.08. The van der Waals surface area contributed by atoms with Gasteiger partial charge >= 0.3 is 5.97 Å². The molecule has 162 valence electrons. The van der Waals surface area contributed by atoms with Gasteiger partial charge in [0, 0.05) is 12.3 Å². The molecule has 0 bridgehead atoms. The standard InChI is InChI=1S/C24H37NO4/c1-29-23-15-10-9-13-20(23)12-6-4-7-14-21-19(17-18-22(21)25-28)11-5-2-3-8-16-24(26)27/h9-10,13,15,19,21,28H,2-8,11-12,14,16-18H2,1H3,(H,26,27)/b25-22-/t19-,21?/m0/s1. The van der Waals surface area contributed by atoms with Crippen molar-refractivity contribution in [2.24, 2.45) is 17.0 Å². The Hall–Kier alpha value is -2.04. The Bertz CT molecular complexity index is 644. The molecule has 2 N–H and O–H groups in total. The summed E-state index contributed by atoms with van der Waals surface area (Å²) >= 11 is 0. The summed E-state index contributed by atoms with van der Waals surface area (Å²) < 4.78 is 5.43. The molecule has 0 aromatic heterocycles. The number of hydrogen-bond donors (Lipinski definition) is 2. The minimum atomic E-state index is -0.699. The van der Waals surface area contributed by atoms with E-state index in [9.17, 15) is 10.0 Å². The smallest absolute Gasteiger partial charge is 0.303 e. The monoisotopic (exact) mass is 403 g/mol. The molecule has 0 amide bonds. The number of oxime groups is 1. The van der Waals surface area contributed by atoms with E-state index in [1.165, 1.54) is 12.0 Å². The quantitative estimate of drug-likeness (QED) is 0.224. The number of hydrogen-bond acceptors (Lipinski definition) is 4. The molecule has 5 nitrogen and oxygen atoms in total. The maximum Gasteiger partial charge on any atom is 0.303 e. The van der Waals surface area contributed by atoms with Crippen LogP contribution in [0.3, 0.4) is 0 Å². The van der Waals surface area contributed by atoms with Crippen LogP contribution in [0.1, 0.15) is 82.6 Å². The van der Waals surface area contributed by atoms with Gasteiger partial charge in [-0.2, -0.15) is 0 Å². The summed E-state index contributed by atoms with van der Waals surface area (Å²) in [4.78, 5) is 10.6. The van der Waals surface area contributed by atoms with Crippen LogP contribution in [0.25, 0.3) is 0 Å². The van der Waals surface area contributed by atoms with E-state index in [2.05, 4.69) is 17.3 Å². The molecule has 2 atom stereocenters. The number of rotatable bonds is 14. The van der Waals surface area contributed by atoms with E-state index in [1.807, 2.05) is 12.1 Å². The Morgan fingerprint density at radius 3 is 2.55 bits per heavy atom. The fourth-order valence-corrected chi connectivity index (χ4v) is 4.67. The zero-order valence-corrected chi connectivity index (χ0v) is 17.8. The summed E-state index contributed by atoms with van der Waals surface area (Å²) in [6.45, 7) is 0. The van der Waals surface area contributed by atoms with Gasteiger partial charge in [-0.3, -0.25) is 4.79 Å². The number of carbonyl (C=O) groups is 1. The SMILES string of the molecule is COc1ccccc1CCCCCC1/C(=N\O)CC[C@@H]1CCCCCCC(=O)O. The third-order valence-electron chi connectivity index (χ3n) is 6.27. The summed E-state index contributed by atoms with van der Waals surface area (Å²) in [6, 6.07) is 8.22. The molecular formula is C24H37NO4. The fourth-order valence-electron chi connectivity index (χ4n) is 4.67. The second kappa shape index (κ2) is 13.2.